The molecule has 0 radical (unpaired) electrons. The molecule has 0 aliphatic carbocycles. The van der Waals surface area contributed by atoms with E-state index < -0.39 is 0 Å². The fourth-order valence-corrected chi connectivity index (χ4v) is 2.17. The molecule has 1 aromatic carbocycles. The highest BCUT2D eigenvalue weighted by Gasteiger charge is 2.11. The fourth-order valence-electron chi connectivity index (χ4n) is 2.17. The summed E-state index contributed by atoms with van der Waals surface area (Å²) in [5.41, 5.74) is 8.68. The van der Waals surface area contributed by atoms with Crippen LogP contribution in [0.2, 0.25) is 0 Å². The Morgan fingerprint density at radius 1 is 1.16 bits per heavy atom. The van der Waals surface area contributed by atoms with Crippen LogP contribution in [0.25, 0.3) is 11.0 Å². The summed E-state index contributed by atoms with van der Waals surface area (Å²) < 4.78 is 4.76. The van der Waals surface area contributed by atoms with Crippen LogP contribution in [-0.4, -0.2) is 16.4 Å². The molecule has 5 heteroatoms. The molecule has 1 heterocycles. The molecule has 2 rings (SSSR count). The third-order valence-corrected chi connectivity index (χ3v) is 3.27. The second-order valence-corrected chi connectivity index (χ2v) is 5.53. The zero-order valence-electron chi connectivity index (χ0n) is 11.8. The van der Waals surface area contributed by atoms with E-state index in [2.05, 4.69) is 36.4 Å². The van der Waals surface area contributed by atoms with Crippen molar-refractivity contribution in [2.45, 2.75) is 46.1 Å². The minimum absolute atomic E-state index is 0.391. The first kappa shape index (κ1) is 13.6. The Labute approximate surface area is 113 Å². The van der Waals surface area contributed by atoms with Crippen LogP contribution in [-0.2, 0) is 0 Å². The van der Waals surface area contributed by atoms with Crippen molar-refractivity contribution in [3.8, 4) is 0 Å². The van der Waals surface area contributed by atoms with E-state index in [0.717, 1.165) is 18.0 Å². The minimum Gasteiger partial charge on any atom is -0.397 e. The summed E-state index contributed by atoms with van der Waals surface area (Å²) in [4.78, 5) is 0. The molecule has 5 nitrogen and oxygen atoms in total. The van der Waals surface area contributed by atoms with Gasteiger partial charge in [0, 0.05) is 6.04 Å². The first-order valence-electron chi connectivity index (χ1n) is 6.85. The van der Waals surface area contributed by atoms with Gasteiger partial charge >= 0.3 is 0 Å². The molecule has 0 amide bonds. The van der Waals surface area contributed by atoms with E-state index in [1.807, 2.05) is 12.1 Å². The maximum atomic E-state index is 5.82. The molecule has 1 aromatic heterocycles. The van der Waals surface area contributed by atoms with Gasteiger partial charge in [-0.3, -0.25) is 0 Å². The van der Waals surface area contributed by atoms with Gasteiger partial charge in [-0.1, -0.05) is 26.7 Å². The summed E-state index contributed by atoms with van der Waals surface area (Å²) in [6.45, 7) is 6.68. The zero-order valence-corrected chi connectivity index (χ0v) is 11.8. The van der Waals surface area contributed by atoms with Gasteiger partial charge in [-0.2, -0.15) is 0 Å². The Hall–Kier alpha value is -1.78. The van der Waals surface area contributed by atoms with Gasteiger partial charge in [0.2, 0.25) is 0 Å². The zero-order chi connectivity index (χ0) is 13.8. The number of nitrogens with one attached hydrogen (secondary N) is 1. The van der Waals surface area contributed by atoms with Crippen LogP contribution in [0.1, 0.15) is 40.0 Å². The summed E-state index contributed by atoms with van der Waals surface area (Å²) in [5, 5.41) is 11.2. The average molecular weight is 262 g/mol. The van der Waals surface area contributed by atoms with Gasteiger partial charge in [0.25, 0.3) is 0 Å². The van der Waals surface area contributed by atoms with Crippen molar-refractivity contribution in [2.24, 2.45) is 5.92 Å². The third-order valence-electron chi connectivity index (χ3n) is 3.27. The highest BCUT2D eigenvalue weighted by Crippen LogP contribution is 2.26. The smallest absolute Gasteiger partial charge is 0.160 e. The standard InChI is InChI=1S/C14H22N4O/c1-9(2)5-4-6-10(3)16-12-8-7-11(15)13-14(12)18-19-17-13/h7-10,16H,4-6,15H2,1-3H3. The van der Waals surface area contributed by atoms with E-state index in [1.54, 1.807) is 0 Å². The van der Waals surface area contributed by atoms with Crippen LogP contribution in [0, 0.1) is 5.92 Å². The number of rotatable bonds is 6. The molecule has 3 N–H and O–H groups in total. The summed E-state index contributed by atoms with van der Waals surface area (Å²) in [6.07, 6.45) is 3.62. The highest BCUT2D eigenvalue weighted by molar-refractivity contribution is 5.94. The molecule has 1 unspecified atom stereocenters. The number of benzene rings is 1. The SMILES string of the molecule is CC(C)CCCC(C)Nc1ccc(N)c2nonc12. The van der Waals surface area contributed by atoms with Crippen LogP contribution in [0.3, 0.4) is 0 Å². The number of hydrogen-bond acceptors (Lipinski definition) is 5. The number of fused-ring (bicyclic) bond motifs is 1. The quantitative estimate of drug-likeness (QED) is 0.780. The predicted octanol–water partition coefficient (Wildman–Crippen LogP) is 3.43. The Morgan fingerprint density at radius 2 is 1.89 bits per heavy atom. The summed E-state index contributed by atoms with van der Waals surface area (Å²) in [6, 6.07) is 4.15. The topological polar surface area (TPSA) is 77.0 Å². The lowest BCUT2D eigenvalue weighted by molar-refractivity contribution is 0.315. The largest absolute Gasteiger partial charge is 0.397 e. The highest BCUT2D eigenvalue weighted by atomic mass is 16.6. The number of hydrogen-bond donors (Lipinski definition) is 2. The van der Waals surface area contributed by atoms with Gasteiger partial charge in [0.15, 0.2) is 11.0 Å². The van der Waals surface area contributed by atoms with Crippen LogP contribution in [0.5, 0.6) is 0 Å². The normalized spacial score (nSPS) is 13.1. The van der Waals surface area contributed by atoms with E-state index in [1.165, 1.54) is 12.8 Å². The number of aromatic nitrogens is 2. The van der Waals surface area contributed by atoms with Crippen LogP contribution in [0.15, 0.2) is 16.8 Å². The van der Waals surface area contributed by atoms with Crippen LogP contribution in [0.4, 0.5) is 11.4 Å². The number of anilines is 2. The van der Waals surface area contributed by atoms with Crippen molar-refractivity contribution in [3.63, 3.8) is 0 Å². The Bertz CT molecular complexity index is 535. The molecule has 0 bridgehead atoms. The van der Waals surface area contributed by atoms with E-state index in [-0.39, 0.29) is 0 Å². The van der Waals surface area contributed by atoms with Crippen LogP contribution < -0.4 is 11.1 Å². The number of nitrogens with zero attached hydrogens (tertiary/aromatic N) is 2. The van der Waals surface area contributed by atoms with Crippen molar-refractivity contribution >= 4 is 22.4 Å². The first-order chi connectivity index (χ1) is 9.08. The molecule has 1 atom stereocenters. The Morgan fingerprint density at radius 3 is 2.63 bits per heavy atom. The predicted molar refractivity (Wildman–Crippen MR) is 78.0 cm³/mol. The lowest BCUT2D eigenvalue weighted by atomic mass is 10.0. The molecule has 19 heavy (non-hydrogen) atoms. The van der Waals surface area contributed by atoms with Gasteiger partial charge in [0.1, 0.15) is 0 Å². The second-order valence-electron chi connectivity index (χ2n) is 5.53. The lowest BCUT2D eigenvalue weighted by Crippen LogP contribution is -2.15. The molecule has 0 saturated carbocycles. The average Bonchev–Trinajstić information content (AvgIpc) is 2.82. The Kier molecular flexibility index (Phi) is 4.24. The van der Waals surface area contributed by atoms with E-state index in [0.29, 0.717) is 22.8 Å². The maximum absolute atomic E-state index is 5.82. The summed E-state index contributed by atoms with van der Waals surface area (Å²) in [7, 11) is 0. The van der Waals surface area contributed by atoms with Crippen LogP contribution >= 0.6 is 0 Å². The van der Waals surface area contributed by atoms with Crippen molar-refractivity contribution in [2.75, 3.05) is 11.1 Å². The molecule has 104 valence electrons. The van der Waals surface area contributed by atoms with Crippen molar-refractivity contribution in [3.05, 3.63) is 12.1 Å². The van der Waals surface area contributed by atoms with Gasteiger partial charge in [-0.25, -0.2) is 4.63 Å². The molecular weight excluding hydrogens is 240 g/mol. The molecule has 0 fully saturated rings. The molecule has 0 aliphatic heterocycles. The van der Waals surface area contributed by atoms with E-state index >= 15 is 0 Å². The van der Waals surface area contributed by atoms with Crippen molar-refractivity contribution < 1.29 is 4.63 Å². The molecule has 0 saturated heterocycles. The molecule has 0 aliphatic rings. The van der Waals surface area contributed by atoms with E-state index in [9.17, 15) is 0 Å². The third kappa shape index (κ3) is 3.36. The molecule has 0 spiro atoms. The number of nitrogens with two attached hydrogens (primary N) is 1. The van der Waals surface area contributed by atoms with Crippen molar-refractivity contribution in [1.82, 2.24) is 10.3 Å². The number of nitrogen functional groups attached to an aromatic ring is 1. The van der Waals surface area contributed by atoms with Gasteiger partial charge < -0.3 is 11.1 Å². The van der Waals surface area contributed by atoms with Gasteiger partial charge in [-0.15, -0.1) is 0 Å². The lowest BCUT2D eigenvalue weighted by Gasteiger charge is -2.16. The van der Waals surface area contributed by atoms with Gasteiger partial charge in [-0.05, 0) is 41.7 Å². The molecule has 2 aromatic rings. The van der Waals surface area contributed by atoms with Gasteiger partial charge in [0.05, 0.1) is 11.4 Å². The summed E-state index contributed by atoms with van der Waals surface area (Å²) >= 11 is 0. The molecular formula is C14H22N4O. The van der Waals surface area contributed by atoms with E-state index in [4.69, 9.17) is 10.4 Å². The fraction of sp³-hybridized carbons (Fsp3) is 0.571. The van der Waals surface area contributed by atoms with Crippen molar-refractivity contribution in [1.29, 1.82) is 0 Å². The monoisotopic (exact) mass is 262 g/mol. The minimum atomic E-state index is 0.391. The maximum Gasteiger partial charge on any atom is 0.160 e. The summed E-state index contributed by atoms with van der Waals surface area (Å²) in [5.74, 6) is 0.759. The second kappa shape index (κ2) is 5.91. The first-order valence-corrected chi connectivity index (χ1v) is 6.85. The Balaban J connectivity index is 2.01.